The van der Waals surface area contributed by atoms with Gasteiger partial charge in [-0.05, 0) is 18.2 Å². The number of benzene rings is 2. The minimum Gasteiger partial charge on any atom is -0.495 e. The minimum absolute atomic E-state index is 0.0302. The number of primary amides is 1. The standard InChI is InChI=1S/C26H24Cl2N6O4/c1-34(2,26(29)36)13-14-5-8-19(32-12-14)33-25(35)16-7-6-15(23-24(16)31-10-9-30-23)20-21(27)17(37-3)11-18(38-4)22(20)28/h5-12H,13H2,1-4H3,(H2-,29,32,33,35,36)/p+1. The molecular weight excluding hydrogens is 531 g/mol. The molecule has 0 radical (unpaired) electrons. The summed E-state index contributed by atoms with van der Waals surface area (Å²) in [6.45, 7) is 0.360. The number of fused-ring (bicyclic) bond motifs is 1. The van der Waals surface area contributed by atoms with Crippen molar-refractivity contribution in [2.24, 2.45) is 5.73 Å². The van der Waals surface area contributed by atoms with Crippen LogP contribution in [0.25, 0.3) is 22.2 Å². The molecular formula is C26H25Cl2N6O4+. The predicted octanol–water partition coefficient (Wildman–Crippen LogP) is 4.92. The maximum atomic E-state index is 13.2. The number of rotatable bonds is 7. The lowest BCUT2D eigenvalue weighted by Crippen LogP contribution is -2.48. The number of quaternary nitrogens is 1. The summed E-state index contributed by atoms with van der Waals surface area (Å²) < 4.78 is 10.8. The lowest BCUT2D eigenvalue weighted by molar-refractivity contribution is -0.821. The summed E-state index contributed by atoms with van der Waals surface area (Å²) in [5, 5.41) is 3.31. The number of pyridine rings is 1. The van der Waals surface area contributed by atoms with Crippen molar-refractivity contribution in [1.82, 2.24) is 15.0 Å². The molecule has 0 atom stereocenters. The lowest BCUT2D eigenvalue weighted by atomic mass is 9.99. The fraction of sp³-hybridized carbons (Fsp3) is 0.192. The van der Waals surface area contributed by atoms with Gasteiger partial charge in [0.2, 0.25) is 0 Å². The van der Waals surface area contributed by atoms with E-state index in [4.69, 9.17) is 38.4 Å². The molecule has 0 aliphatic carbocycles. The quantitative estimate of drug-likeness (QED) is 0.309. The van der Waals surface area contributed by atoms with E-state index in [2.05, 4.69) is 20.3 Å². The zero-order valence-corrected chi connectivity index (χ0v) is 22.6. The number of carbonyl (C=O) groups excluding carboxylic acids is 2. The number of halogens is 2. The van der Waals surface area contributed by atoms with Crippen LogP contribution in [-0.2, 0) is 6.54 Å². The van der Waals surface area contributed by atoms with E-state index in [1.807, 2.05) is 0 Å². The molecule has 0 spiro atoms. The summed E-state index contributed by atoms with van der Waals surface area (Å²) in [6.07, 6.45) is 4.59. The number of nitrogens with zero attached hydrogens (tertiary/aromatic N) is 4. The average Bonchev–Trinajstić information content (AvgIpc) is 2.89. The Hall–Kier alpha value is -3.99. The van der Waals surface area contributed by atoms with Crippen molar-refractivity contribution in [2.75, 3.05) is 33.6 Å². The first-order chi connectivity index (χ1) is 18.1. The van der Waals surface area contributed by atoms with Gasteiger partial charge in [-0.1, -0.05) is 29.3 Å². The third-order valence-electron chi connectivity index (χ3n) is 5.95. The summed E-state index contributed by atoms with van der Waals surface area (Å²) in [5.41, 5.74) is 8.24. The molecule has 2 heterocycles. The molecule has 0 saturated heterocycles. The molecule has 12 heteroatoms. The molecule has 10 nitrogen and oxygen atoms in total. The van der Waals surface area contributed by atoms with Crippen molar-refractivity contribution < 1.29 is 23.5 Å². The van der Waals surface area contributed by atoms with Gasteiger partial charge in [-0.3, -0.25) is 14.8 Å². The van der Waals surface area contributed by atoms with Gasteiger partial charge in [0.15, 0.2) is 0 Å². The van der Waals surface area contributed by atoms with Crippen LogP contribution >= 0.6 is 23.2 Å². The Morgan fingerprint density at radius 1 is 0.947 bits per heavy atom. The molecule has 0 fully saturated rings. The van der Waals surface area contributed by atoms with E-state index in [0.717, 1.165) is 5.56 Å². The Morgan fingerprint density at radius 2 is 1.58 bits per heavy atom. The molecule has 38 heavy (non-hydrogen) atoms. The summed E-state index contributed by atoms with van der Waals surface area (Å²) in [6, 6.07) is 7.86. The van der Waals surface area contributed by atoms with Gasteiger partial charge in [-0.25, -0.2) is 14.3 Å². The molecule has 0 aliphatic rings. The average molecular weight is 556 g/mol. The van der Waals surface area contributed by atoms with Crippen molar-refractivity contribution >= 4 is 52.0 Å². The van der Waals surface area contributed by atoms with Crippen molar-refractivity contribution in [3.8, 4) is 22.6 Å². The van der Waals surface area contributed by atoms with Gasteiger partial charge in [-0.15, -0.1) is 0 Å². The van der Waals surface area contributed by atoms with Gasteiger partial charge in [0.1, 0.15) is 29.4 Å². The molecule has 196 valence electrons. The molecule has 0 unspecified atom stereocenters. The molecule has 3 N–H and O–H groups in total. The van der Waals surface area contributed by atoms with E-state index in [9.17, 15) is 9.59 Å². The highest BCUT2D eigenvalue weighted by Crippen LogP contribution is 2.47. The highest BCUT2D eigenvalue weighted by molar-refractivity contribution is 6.41. The van der Waals surface area contributed by atoms with Crippen molar-refractivity contribution in [1.29, 1.82) is 0 Å². The van der Waals surface area contributed by atoms with Crippen LogP contribution < -0.4 is 20.5 Å². The molecule has 4 rings (SSSR count). The highest BCUT2D eigenvalue weighted by Gasteiger charge is 2.25. The summed E-state index contributed by atoms with van der Waals surface area (Å²) >= 11 is 13.3. The zero-order chi connectivity index (χ0) is 27.6. The van der Waals surface area contributed by atoms with Gasteiger partial charge < -0.3 is 20.5 Å². The van der Waals surface area contributed by atoms with E-state index in [1.165, 1.54) is 26.6 Å². The number of methoxy groups -OCH3 is 2. The van der Waals surface area contributed by atoms with Crippen LogP contribution in [0.3, 0.4) is 0 Å². The Balaban J connectivity index is 1.70. The summed E-state index contributed by atoms with van der Waals surface area (Å²) in [7, 11) is 6.38. The Kier molecular flexibility index (Phi) is 7.68. The first-order valence-corrected chi connectivity index (χ1v) is 12.1. The minimum atomic E-state index is -0.464. The van der Waals surface area contributed by atoms with Gasteiger partial charge in [0.05, 0.1) is 49.4 Å². The normalized spacial score (nSPS) is 11.3. The number of hydrogen-bond donors (Lipinski definition) is 2. The SMILES string of the molecule is COc1cc(OC)c(Cl)c(-c2ccc(C(=O)Nc3ccc(C[N+](C)(C)C(N)=O)cn3)c3nccnc23)c1Cl. The van der Waals surface area contributed by atoms with Crippen LogP contribution in [0.2, 0.25) is 10.0 Å². The number of hydrogen-bond acceptors (Lipinski definition) is 7. The largest absolute Gasteiger partial charge is 0.495 e. The number of ether oxygens (including phenoxy) is 2. The number of anilines is 1. The predicted molar refractivity (Wildman–Crippen MR) is 146 cm³/mol. The number of nitrogens with one attached hydrogen (secondary N) is 1. The zero-order valence-electron chi connectivity index (χ0n) is 21.1. The number of aromatic nitrogens is 3. The Bertz CT molecular complexity index is 1520. The maximum Gasteiger partial charge on any atom is 0.413 e. The first kappa shape index (κ1) is 27.1. The number of urea groups is 1. The van der Waals surface area contributed by atoms with E-state index in [1.54, 1.807) is 50.6 Å². The van der Waals surface area contributed by atoms with Crippen molar-refractivity contribution in [3.63, 3.8) is 0 Å². The molecule has 3 amide bonds. The second-order valence-electron chi connectivity index (χ2n) is 8.89. The van der Waals surface area contributed by atoms with Crippen LogP contribution in [0.4, 0.5) is 10.6 Å². The van der Waals surface area contributed by atoms with E-state index in [0.29, 0.717) is 46.0 Å². The topological polar surface area (TPSA) is 129 Å². The van der Waals surface area contributed by atoms with Gasteiger partial charge >= 0.3 is 6.03 Å². The van der Waals surface area contributed by atoms with Crippen LogP contribution in [0, 0.1) is 0 Å². The second kappa shape index (κ2) is 10.8. The number of amides is 3. The van der Waals surface area contributed by atoms with Crippen LogP contribution in [-0.4, -0.2) is 59.7 Å². The molecule has 0 bridgehead atoms. The van der Waals surface area contributed by atoms with Crippen LogP contribution in [0.5, 0.6) is 11.5 Å². The van der Waals surface area contributed by atoms with Crippen LogP contribution in [0.15, 0.2) is 48.9 Å². The fourth-order valence-corrected chi connectivity index (χ4v) is 4.58. The van der Waals surface area contributed by atoms with Crippen molar-refractivity contribution in [2.45, 2.75) is 6.54 Å². The third kappa shape index (κ3) is 5.19. The summed E-state index contributed by atoms with van der Waals surface area (Å²) in [5.74, 6) is 0.632. The molecule has 2 aromatic heterocycles. The van der Waals surface area contributed by atoms with Gasteiger partial charge in [0, 0.05) is 41.3 Å². The Labute approximate surface area is 228 Å². The molecule has 0 saturated carbocycles. The van der Waals surface area contributed by atoms with E-state index in [-0.39, 0.29) is 20.1 Å². The second-order valence-corrected chi connectivity index (χ2v) is 9.64. The van der Waals surface area contributed by atoms with Gasteiger partial charge in [-0.2, -0.15) is 0 Å². The van der Waals surface area contributed by atoms with Crippen molar-refractivity contribution in [3.05, 3.63) is 70.1 Å². The molecule has 2 aromatic carbocycles. The summed E-state index contributed by atoms with van der Waals surface area (Å²) in [4.78, 5) is 38.0. The van der Waals surface area contributed by atoms with Gasteiger partial charge in [0.25, 0.3) is 5.91 Å². The molecule has 0 aliphatic heterocycles. The first-order valence-electron chi connectivity index (χ1n) is 11.3. The smallest absolute Gasteiger partial charge is 0.413 e. The molecule has 4 aromatic rings. The Morgan fingerprint density at radius 3 is 2.13 bits per heavy atom. The monoisotopic (exact) mass is 555 g/mol. The lowest BCUT2D eigenvalue weighted by Gasteiger charge is -2.23. The van der Waals surface area contributed by atoms with E-state index < -0.39 is 11.9 Å². The van der Waals surface area contributed by atoms with E-state index >= 15 is 0 Å². The highest BCUT2D eigenvalue weighted by atomic mass is 35.5. The number of carbonyl (C=O) groups is 2. The maximum absolute atomic E-state index is 13.2. The fourth-order valence-electron chi connectivity index (χ4n) is 3.87. The number of nitrogens with two attached hydrogens (primary N) is 1. The third-order valence-corrected chi connectivity index (χ3v) is 6.70. The van der Waals surface area contributed by atoms with Crippen LogP contribution in [0.1, 0.15) is 15.9 Å².